The van der Waals surface area contributed by atoms with Gasteiger partial charge in [-0.25, -0.2) is 14.8 Å². The number of nitrogens with zero attached hydrogens (tertiary/aromatic N) is 4. The maximum atomic E-state index is 12.2. The van der Waals surface area contributed by atoms with Crippen LogP contribution in [0.15, 0.2) is 42.9 Å². The van der Waals surface area contributed by atoms with Gasteiger partial charge in [-0.15, -0.1) is 5.06 Å². The molecular formula is C22H27N5O2. The van der Waals surface area contributed by atoms with Crippen molar-refractivity contribution in [2.75, 3.05) is 18.8 Å². The lowest BCUT2D eigenvalue weighted by molar-refractivity contribution is -0.205. The Hall–Kier alpha value is -2.93. The monoisotopic (exact) mass is 393 g/mol. The zero-order chi connectivity index (χ0) is 20.6. The molecule has 0 spiro atoms. The van der Waals surface area contributed by atoms with Crippen LogP contribution >= 0.6 is 0 Å². The molecule has 0 bridgehead atoms. The standard InChI is InChI=1S/C22H27N5O2/c1-22(2,3)21(28)29-26-11-9-16(10-12-26)27-13-17(15-7-5-4-6-8-15)18-19(23)24-14-25-20(18)27/h4-8,13-14,16H,9-12H2,1-3H3,(H2,23,24,25). The topological polar surface area (TPSA) is 86.3 Å². The smallest absolute Gasteiger partial charge is 0.330 e. The summed E-state index contributed by atoms with van der Waals surface area (Å²) in [6.07, 6.45) is 5.37. The molecule has 1 aromatic carbocycles. The number of hydroxylamine groups is 2. The zero-order valence-corrected chi connectivity index (χ0v) is 17.1. The molecule has 2 aromatic heterocycles. The maximum Gasteiger partial charge on any atom is 0.330 e. The number of anilines is 1. The lowest BCUT2D eigenvalue weighted by Crippen LogP contribution is -2.39. The second kappa shape index (κ2) is 7.48. The summed E-state index contributed by atoms with van der Waals surface area (Å²) in [7, 11) is 0. The molecule has 3 heterocycles. The van der Waals surface area contributed by atoms with Gasteiger partial charge in [-0.1, -0.05) is 30.3 Å². The van der Waals surface area contributed by atoms with E-state index in [-0.39, 0.29) is 12.0 Å². The third-order valence-corrected chi connectivity index (χ3v) is 5.36. The summed E-state index contributed by atoms with van der Waals surface area (Å²) in [6.45, 7) is 6.97. The Morgan fingerprint density at radius 3 is 2.48 bits per heavy atom. The first-order valence-corrected chi connectivity index (χ1v) is 9.98. The molecule has 1 aliphatic heterocycles. The van der Waals surface area contributed by atoms with Gasteiger partial charge >= 0.3 is 5.97 Å². The Morgan fingerprint density at radius 2 is 1.83 bits per heavy atom. The first-order chi connectivity index (χ1) is 13.8. The molecular weight excluding hydrogens is 366 g/mol. The summed E-state index contributed by atoms with van der Waals surface area (Å²) < 4.78 is 2.21. The summed E-state index contributed by atoms with van der Waals surface area (Å²) in [5, 5.41) is 2.66. The Kier molecular flexibility index (Phi) is 5.00. The van der Waals surface area contributed by atoms with Crippen LogP contribution in [0.3, 0.4) is 0 Å². The highest BCUT2D eigenvalue weighted by molar-refractivity contribution is 6.00. The van der Waals surface area contributed by atoms with Crippen LogP contribution in [-0.2, 0) is 9.63 Å². The van der Waals surface area contributed by atoms with E-state index >= 15 is 0 Å². The third-order valence-electron chi connectivity index (χ3n) is 5.36. The van der Waals surface area contributed by atoms with Crippen LogP contribution in [0.2, 0.25) is 0 Å². The van der Waals surface area contributed by atoms with E-state index in [1.165, 1.54) is 6.33 Å². The molecule has 0 aliphatic carbocycles. The van der Waals surface area contributed by atoms with Gasteiger partial charge in [0, 0.05) is 30.9 Å². The fraction of sp³-hybridized carbons (Fsp3) is 0.409. The van der Waals surface area contributed by atoms with Crippen LogP contribution in [0.25, 0.3) is 22.2 Å². The number of hydrogen-bond acceptors (Lipinski definition) is 6. The Morgan fingerprint density at radius 1 is 1.14 bits per heavy atom. The minimum atomic E-state index is -0.507. The molecule has 0 unspecified atom stereocenters. The second-order valence-corrected chi connectivity index (χ2v) is 8.56. The first kappa shape index (κ1) is 19.4. The molecule has 0 atom stereocenters. The van der Waals surface area contributed by atoms with E-state index in [2.05, 4.69) is 32.9 Å². The van der Waals surface area contributed by atoms with Crippen LogP contribution < -0.4 is 5.73 Å². The predicted octanol–water partition coefficient (Wildman–Crippen LogP) is 3.82. The Labute approximate surface area is 170 Å². The Bertz CT molecular complexity index is 1010. The van der Waals surface area contributed by atoms with Gasteiger partial charge < -0.3 is 15.1 Å². The highest BCUT2D eigenvalue weighted by atomic mass is 16.7. The van der Waals surface area contributed by atoms with Gasteiger partial charge in [0.15, 0.2) is 0 Å². The lowest BCUT2D eigenvalue weighted by atomic mass is 9.98. The Balaban J connectivity index is 1.60. The highest BCUT2D eigenvalue weighted by Gasteiger charge is 2.30. The molecule has 0 saturated carbocycles. The number of benzene rings is 1. The largest absolute Gasteiger partial charge is 0.383 e. The van der Waals surface area contributed by atoms with Crippen LogP contribution in [0.4, 0.5) is 5.82 Å². The first-order valence-electron chi connectivity index (χ1n) is 9.98. The average molecular weight is 393 g/mol. The van der Waals surface area contributed by atoms with E-state index in [0.717, 1.165) is 35.0 Å². The van der Waals surface area contributed by atoms with Gasteiger partial charge in [0.25, 0.3) is 0 Å². The lowest BCUT2D eigenvalue weighted by Gasteiger charge is -2.32. The van der Waals surface area contributed by atoms with Crippen molar-refractivity contribution < 1.29 is 9.63 Å². The molecule has 2 N–H and O–H groups in total. The summed E-state index contributed by atoms with van der Waals surface area (Å²) in [5.74, 6) is 0.290. The minimum Gasteiger partial charge on any atom is -0.383 e. The van der Waals surface area contributed by atoms with Gasteiger partial charge in [-0.3, -0.25) is 0 Å². The molecule has 152 valence electrons. The van der Waals surface area contributed by atoms with Crippen LogP contribution in [0.1, 0.15) is 39.7 Å². The number of nitrogen functional groups attached to an aromatic ring is 1. The summed E-state index contributed by atoms with van der Waals surface area (Å²) in [5.41, 5.74) is 8.70. The number of nitrogens with two attached hydrogens (primary N) is 1. The fourth-order valence-corrected chi connectivity index (χ4v) is 3.69. The summed E-state index contributed by atoms with van der Waals surface area (Å²) in [4.78, 5) is 26.5. The van der Waals surface area contributed by atoms with Gasteiger partial charge in [0.1, 0.15) is 17.8 Å². The molecule has 7 heteroatoms. The van der Waals surface area contributed by atoms with Crippen molar-refractivity contribution in [1.82, 2.24) is 19.6 Å². The normalized spacial score (nSPS) is 16.2. The van der Waals surface area contributed by atoms with Crippen molar-refractivity contribution in [1.29, 1.82) is 0 Å². The molecule has 3 aromatic rings. The van der Waals surface area contributed by atoms with Crippen molar-refractivity contribution in [2.45, 2.75) is 39.7 Å². The number of aromatic nitrogens is 3. The second-order valence-electron chi connectivity index (χ2n) is 8.56. The van der Waals surface area contributed by atoms with E-state index in [1.807, 2.05) is 39.0 Å². The van der Waals surface area contributed by atoms with Crippen molar-refractivity contribution >= 4 is 22.8 Å². The zero-order valence-electron chi connectivity index (χ0n) is 17.1. The quantitative estimate of drug-likeness (QED) is 0.728. The number of carbonyl (C=O) groups excluding carboxylic acids is 1. The number of piperidine rings is 1. The molecule has 4 rings (SSSR count). The summed E-state index contributed by atoms with van der Waals surface area (Å²) in [6, 6.07) is 10.4. The van der Waals surface area contributed by atoms with Crippen LogP contribution in [-0.4, -0.2) is 38.7 Å². The fourth-order valence-electron chi connectivity index (χ4n) is 3.69. The molecule has 1 aliphatic rings. The number of fused-ring (bicyclic) bond motifs is 1. The van der Waals surface area contributed by atoms with Crippen LogP contribution in [0, 0.1) is 5.41 Å². The number of carbonyl (C=O) groups is 1. The van der Waals surface area contributed by atoms with Gasteiger partial charge in [0.2, 0.25) is 0 Å². The van der Waals surface area contributed by atoms with E-state index in [1.54, 1.807) is 5.06 Å². The molecule has 7 nitrogen and oxygen atoms in total. The number of rotatable bonds is 3. The average Bonchev–Trinajstić information content (AvgIpc) is 3.10. The molecule has 0 radical (unpaired) electrons. The van der Waals surface area contributed by atoms with Crippen LogP contribution in [0.5, 0.6) is 0 Å². The SMILES string of the molecule is CC(C)(C)C(=O)ON1CCC(n2cc(-c3ccccc3)c3c(N)ncnc32)CC1. The van der Waals surface area contributed by atoms with E-state index < -0.39 is 5.41 Å². The van der Waals surface area contributed by atoms with E-state index in [0.29, 0.717) is 18.9 Å². The molecule has 0 amide bonds. The predicted molar refractivity (Wildman–Crippen MR) is 113 cm³/mol. The van der Waals surface area contributed by atoms with E-state index in [9.17, 15) is 4.79 Å². The minimum absolute atomic E-state index is 0.200. The van der Waals surface area contributed by atoms with E-state index in [4.69, 9.17) is 10.6 Å². The molecule has 29 heavy (non-hydrogen) atoms. The molecule has 1 fully saturated rings. The van der Waals surface area contributed by atoms with Crippen molar-refractivity contribution in [3.05, 3.63) is 42.9 Å². The van der Waals surface area contributed by atoms with Gasteiger partial charge in [0.05, 0.1) is 10.8 Å². The molecule has 1 saturated heterocycles. The maximum absolute atomic E-state index is 12.2. The third kappa shape index (κ3) is 3.82. The summed E-state index contributed by atoms with van der Waals surface area (Å²) >= 11 is 0. The van der Waals surface area contributed by atoms with Crippen molar-refractivity contribution in [3.63, 3.8) is 0 Å². The van der Waals surface area contributed by atoms with Crippen molar-refractivity contribution in [3.8, 4) is 11.1 Å². The van der Waals surface area contributed by atoms with Gasteiger partial charge in [-0.2, -0.15) is 0 Å². The van der Waals surface area contributed by atoms with Crippen molar-refractivity contribution in [2.24, 2.45) is 5.41 Å². The number of hydrogen-bond donors (Lipinski definition) is 1. The van der Waals surface area contributed by atoms with Gasteiger partial charge in [-0.05, 0) is 39.2 Å². The highest BCUT2D eigenvalue weighted by Crippen LogP contribution is 2.36.